The molecule has 1 aromatic carbocycles. The number of ether oxygens (including phenoxy) is 2. The quantitative estimate of drug-likeness (QED) is 0.705. The lowest BCUT2D eigenvalue weighted by Crippen LogP contribution is -2.43. The summed E-state index contributed by atoms with van der Waals surface area (Å²) >= 11 is 0. The third-order valence-electron chi connectivity index (χ3n) is 7.54. The third-order valence-corrected chi connectivity index (χ3v) is 7.54. The predicted molar refractivity (Wildman–Crippen MR) is 121 cm³/mol. The summed E-state index contributed by atoms with van der Waals surface area (Å²) in [6, 6.07) is 8.08. The molecule has 1 aliphatic carbocycles. The van der Waals surface area contributed by atoms with Gasteiger partial charge >= 0.3 is 0 Å². The van der Waals surface area contributed by atoms with Gasteiger partial charge in [0.1, 0.15) is 6.10 Å². The highest BCUT2D eigenvalue weighted by Crippen LogP contribution is 2.46. The predicted octanol–water partition coefficient (Wildman–Crippen LogP) is 3.44. The zero-order chi connectivity index (χ0) is 22.2. The maximum atomic E-state index is 13.7. The van der Waals surface area contributed by atoms with Crippen molar-refractivity contribution < 1.29 is 19.1 Å². The van der Waals surface area contributed by atoms with Crippen LogP contribution in [0.15, 0.2) is 35.6 Å². The van der Waals surface area contributed by atoms with Gasteiger partial charge in [0.2, 0.25) is 0 Å². The summed E-state index contributed by atoms with van der Waals surface area (Å²) in [5, 5.41) is 0. The molecule has 0 spiro atoms. The Morgan fingerprint density at radius 1 is 1.00 bits per heavy atom. The van der Waals surface area contributed by atoms with Crippen LogP contribution in [0.25, 0.3) is 0 Å². The maximum Gasteiger partial charge on any atom is 0.290 e. The van der Waals surface area contributed by atoms with Gasteiger partial charge in [-0.25, -0.2) is 0 Å². The molecule has 3 unspecified atom stereocenters. The molecule has 1 saturated carbocycles. The largest absolute Gasteiger partial charge is 0.483 e. The SMILES string of the molecule is CC(C)c1ccc(C2C3=C(OC4CCCCC4C3=O)C(=O)N2CCN2CCOCC2)cc1. The number of fused-ring (bicyclic) bond motifs is 1. The van der Waals surface area contributed by atoms with Crippen molar-refractivity contribution >= 4 is 11.7 Å². The minimum absolute atomic E-state index is 0.105. The Kier molecular flexibility index (Phi) is 6.08. The van der Waals surface area contributed by atoms with E-state index in [0.29, 0.717) is 23.8 Å². The molecular formula is C26H34N2O4. The van der Waals surface area contributed by atoms with Gasteiger partial charge in [0, 0.05) is 26.2 Å². The van der Waals surface area contributed by atoms with Gasteiger partial charge in [0.15, 0.2) is 11.5 Å². The number of benzene rings is 1. The van der Waals surface area contributed by atoms with Crippen LogP contribution in [0.1, 0.15) is 62.6 Å². The van der Waals surface area contributed by atoms with Crippen molar-refractivity contribution in [1.29, 1.82) is 0 Å². The molecule has 1 aromatic rings. The monoisotopic (exact) mass is 438 g/mol. The first-order valence-electron chi connectivity index (χ1n) is 12.2. The van der Waals surface area contributed by atoms with Crippen molar-refractivity contribution in [2.45, 2.75) is 57.6 Å². The fourth-order valence-corrected chi connectivity index (χ4v) is 5.61. The number of nitrogens with zero attached hydrogens (tertiary/aromatic N) is 2. The van der Waals surface area contributed by atoms with E-state index >= 15 is 0 Å². The number of hydrogen-bond donors (Lipinski definition) is 0. The molecule has 172 valence electrons. The number of Topliss-reactive ketones (excluding diaryl/α,β-unsaturated/α-hetero) is 1. The van der Waals surface area contributed by atoms with Gasteiger partial charge in [0.05, 0.1) is 30.7 Å². The van der Waals surface area contributed by atoms with Crippen LogP contribution in [0, 0.1) is 5.92 Å². The Bertz CT molecular complexity index is 901. The minimum atomic E-state index is -0.352. The molecule has 0 radical (unpaired) electrons. The molecule has 1 amide bonds. The molecule has 3 aliphatic heterocycles. The highest BCUT2D eigenvalue weighted by molar-refractivity contribution is 6.11. The molecule has 3 atom stereocenters. The first kappa shape index (κ1) is 21.7. The highest BCUT2D eigenvalue weighted by Gasteiger charge is 2.51. The maximum absolute atomic E-state index is 13.7. The van der Waals surface area contributed by atoms with Crippen LogP contribution in [-0.4, -0.2) is 67.0 Å². The Morgan fingerprint density at radius 3 is 2.44 bits per heavy atom. The molecule has 3 heterocycles. The minimum Gasteiger partial charge on any atom is -0.483 e. The summed E-state index contributed by atoms with van der Waals surface area (Å²) in [6.07, 6.45) is 3.71. The van der Waals surface area contributed by atoms with Gasteiger partial charge in [-0.1, -0.05) is 44.5 Å². The second kappa shape index (κ2) is 8.99. The molecule has 0 N–H and O–H groups in total. The van der Waals surface area contributed by atoms with Crippen LogP contribution >= 0.6 is 0 Å². The lowest BCUT2D eigenvalue weighted by molar-refractivity contribution is -0.135. The fraction of sp³-hybridized carbons (Fsp3) is 0.615. The molecule has 6 nitrogen and oxygen atoms in total. The van der Waals surface area contributed by atoms with Crippen molar-refractivity contribution in [3.05, 3.63) is 46.7 Å². The molecule has 6 heteroatoms. The summed E-state index contributed by atoms with van der Waals surface area (Å²) in [4.78, 5) is 31.4. The van der Waals surface area contributed by atoms with E-state index in [-0.39, 0.29) is 29.8 Å². The van der Waals surface area contributed by atoms with Gasteiger partial charge in [-0.3, -0.25) is 14.5 Å². The van der Waals surface area contributed by atoms with Gasteiger partial charge in [-0.15, -0.1) is 0 Å². The van der Waals surface area contributed by atoms with Crippen LogP contribution in [0.5, 0.6) is 0 Å². The number of hydrogen-bond acceptors (Lipinski definition) is 5. The molecular weight excluding hydrogens is 404 g/mol. The third kappa shape index (κ3) is 3.88. The molecule has 1 saturated heterocycles. The van der Waals surface area contributed by atoms with E-state index in [1.165, 1.54) is 5.56 Å². The first-order valence-corrected chi connectivity index (χ1v) is 12.2. The van der Waals surface area contributed by atoms with E-state index in [9.17, 15) is 9.59 Å². The number of carbonyl (C=O) groups excluding carboxylic acids is 2. The Balaban J connectivity index is 1.47. The highest BCUT2D eigenvalue weighted by atomic mass is 16.5. The van der Waals surface area contributed by atoms with Crippen LogP contribution in [-0.2, 0) is 19.1 Å². The van der Waals surface area contributed by atoms with Crippen LogP contribution in [0.2, 0.25) is 0 Å². The van der Waals surface area contributed by atoms with Crippen molar-refractivity contribution in [3.8, 4) is 0 Å². The van der Waals surface area contributed by atoms with Crippen LogP contribution in [0.3, 0.4) is 0 Å². The summed E-state index contributed by atoms with van der Waals surface area (Å²) < 4.78 is 11.7. The average Bonchev–Trinajstić information content (AvgIpc) is 3.10. The lowest BCUT2D eigenvalue weighted by atomic mass is 9.77. The zero-order valence-corrected chi connectivity index (χ0v) is 19.2. The van der Waals surface area contributed by atoms with Crippen molar-refractivity contribution in [3.63, 3.8) is 0 Å². The van der Waals surface area contributed by atoms with Gasteiger partial charge in [-0.2, -0.15) is 0 Å². The Hall–Kier alpha value is -2.18. The standard InChI is InChI=1S/C26H34N2O4/c1-17(2)18-7-9-19(10-8-18)23-22-24(29)20-5-3-4-6-21(20)32-25(22)26(30)28(23)12-11-27-13-15-31-16-14-27/h7-10,17,20-21,23H,3-6,11-16H2,1-2H3. The summed E-state index contributed by atoms with van der Waals surface area (Å²) in [6.45, 7) is 8.91. The number of morpholine rings is 1. The average molecular weight is 439 g/mol. The van der Waals surface area contributed by atoms with Crippen molar-refractivity contribution in [2.75, 3.05) is 39.4 Å². The molecule has 0 aromatic heterocycles. The smallest absolute Gasteiger partial charge is 0.290 e. The molecule has 2 fully saturated rings. The first-order chi connectivity index (χ1) is 15.5. The normalized spacial score (nSPS) is 28.7. The fourth-order valence-electron chi connectivity index (χ4n) is 5.61. The zero-order valence-electron chi connectivity index (χ0n) is 19.2. The van der Waals surface area contributed by atoms with E-state index in [0.717, 1.165) is 64.1 Å². The van der Waals surface area contributed by atoms with Crippen molar-refractivity contribution in [2.24, 2.45) is 5.92 Å². The van der Waals surface area contributed by atoms with E-state index < -0.39 is 0 Å². The molecule has 0 bridgehead atoms. The Morgan fingerprint density at radius 2 is 1.72 bits per heavy atom. The molecule has 5 rings (SSSR count). The lowest BCUT2D eigenvalue weighted by Gasteiger charge is -2.35. The van der Waals surface area contributed by atoms with E-state index in [1.807, 2.05) is 4.90 Å². The van der Waals surface area contributed by atoms with Gasteiger partial charge in [0.25, 0.3) is 5.91 Å². The van der Waals surface area contributed by atoms with Gasteiger partial charge < -0.3 is 14.4 Å². The molecule has 4 aliphatic rings. The number of rotatable bonds is 5. The summed E-state index contributed by atoms with van der Waals surface area (Å²) in [5.74, 6) is 0.661. The summed E-state index contributed by atoms with van der Waals surface area (Å²) in [5.41, 5.74) is 2.85. The molecule has 32 heavy (non-hydrogen) atoms. The van der Waals surface area contributed by atoms with Crippen LogP contribution in [0.4, 0.5) is 0 Å². The topological polar surface area (TPSA) is 59.1 Å². The van der Waals surface area contributed by atoms with Gasteiger partial charge in [-0.05, 0) is 36.3 Å². The number of ketones is 1. The Labute approximate surface area is 190 Å². The second-order valence-electron chi connectivity index (χ2n) is 9.83. The van der Waals surface area contributed by atoms with Crippen LogP contribution < -0.4 is 0 Å². The van der Waals surface area contributed by atoms with E-state index in [1.54, 1.807) is 0 Å². The second-order valence-corrected chi connectivity index (χ2v) is 9.83. The summed E-state index contributed by atoms with van der Waals surface area (Å²) in [7, 11) is 0. The number of carbonyl (C=O) groups is 2. The van der Waals surface area contributed by atoms with Crippen molar-refractivity contribution in [1.82, 2.24) is 9.80 Å². The number of amides is 1. The van der Waals surface area contributed by atoms with E-state index in [4.69, 9.17) is 9.47 Å². The van der Waals surface area contributed by atoms with E-state index in [2.05, 4.69) is 43.0 Å².